The zero-order chi connectivity index (χ0) is 15.0. The quantitative estimate of drug-likeness (QED) is 0.875. The summed E-state index contributed by atoms with van der Waals surface area (Å²) in [4.78, 5) is 23.4. The Kier molecular flexibility index (Phi) is 3.78. The summed E-state index contributed by atoms with van der Waals surface area (Å²) >= 11 is 3.46. The molecule has 2 N–H and O–H groups in total. The first-order chi connectivity index (χ1) is 10.00. The molecule has 2 saturated carbocycles. The van der Waals surface area contributed by atoms with Crippen molar-refractivity contribution in [2.24, 2.45) is 11.8 Å². The van der Waals surface area contributed by atoms with Crippen molar-refractivity contribution in [1.29, 1.82) is 0 Å². The van der Waals surface area contributed by atoms with Gasteiger partial charge in [0, 0.05) is 10.4 Å². The minimum absolute atomic E-state index is 0.0104. The predicted molar refractivity (Wildman–Crippen MR) is 81.7 cm³/mol. The van der Waals surface area contributed by atoms with E-state index in [1.54, 1.807) is 0 Å². The van der Waals surface area contributed by atoms with E-state index in [1.807, 2.05) is 24.3 Å². The van der Waals surface area contributed by atoms with E-state index >= 15 is 0 Å². The highest BCUT2D eigenvalue weighted by atomic mass is 79.9. The predicted octanol–water partition coefficient (Wildman–Crippen LogP) is 3.06. The Labute approximate surface area is 132 Å². The average Bonchev–Trinajstić information content (AvgIpc) is 3.04. The zero-order valence-corrected chi connectivity index (χ0v) is 13.2. The van der Waals surface area contributed by atoms with Gasteiger partial charge in [0.25, 0.3) is 0 Å². The standard InChI is InChI=1S/C16H18BrNO3/c17-13-3-1-2-12(9-13)16(6-7-16)18-14(19)10-4-5-11(8-10)15(20)21/h1-3,9-11H,4-8H2,(H,18,19)(H,20,21)/t10-,11+/m0/s1. The van der Waals surface area contributed by atoms with Crippen LogP contribution < -0.4 is 5.32 Å². The molecule has 0 spiro atoms. The second kappa shape index (κ2) is 5.44. The third-order valence-corrected chi connectivity index (χ3v) is 5.14. The van der Waals surface area contributed by atoms with Crippen LogP contribution >= 0.6 is 15.9 Å². The van der Waals surface area contributed by atoms with Crippen LogP contribution in [0.5, 0.6) is 0 Å². The Morgan fingerprint density at radius 1 is 1.24 bits per heavy atom. The normalized spacial score (nSPS) is 26.3. The van der Waals surface area contributed by atoms with E-state index in [4.69, 9.17) is 5.11 Å². The Morgan fingerprint density at radius 3 is 2.52 bits per heavy atom. The van der Waals surface area contributed by atoms with Crippen LogP contribution in [0.25, 0.3) is 0 Å². The zero-order valence-electron chi connectivity index (χ0n) is 11.6. The molecule has 21 heavy (non-hydrogen) atoms. The highest BCUT2D eigenvalue weighted by Crippen LogP contribution is 2.46. The number of benzene rings is 1. The third-order valence-electron chi connectivity index (χ3n) is 4.64. The molecule has 5 heteroatoms. The number of amides is 1. The van der Waals surface area contributed by atoms with Gasteiger partial charge in [0.2, 0.25) is 5.91 Å². The molecule has 0 bridgehead atoms. The van der Waals surface area contributed by atoms with Gasteiger partial charge < -0.3 is 10.4 Å². The molecule has 0 heterocycles. The molecule has 3 rings (SSSR count). The molecule has 0 aromatic heterocycles. The van der Waals surface area contributed by atoms with Gasteiger partial charge in [-0.25, -0.2) is 0 Å². The summed E-state index contributed by atoms with van der Waals surface area (Å²) in [5, 5.41) is 12.2. The van der Waals surface area contributed by atoms with Crippen LogP contribution in [-0.2, 0) is 15.1 Å². The van der Waals surface area contributed by atoms with Crippen molar-refractivity contribution in [2.45, 2.75) is 37.6 Å². The number of carboxylic acids is 1. The van der Waals surface area contributed by atoms with Gasteiger partial charge in [-0.2, -0.15) is 0 Å². The number of aliphatic carboxylic acids is 1. The molecule has 0 unspecified atom stereocenters. The largest absolute Gasteiger partial charge is 0.481 e. The van der Waals surface area contributed by atoms with Crippen LogP contribution in [0, 0.1) is 11.8 Å². The third kappa shape index (κ3) is 2.98. The number of rotatable bonds is 4. The summed E-state index contributed by atoms with van der Waals surface area (Å²) in [6.07, 6.45) is 3.65. The van der Waals surface area contributed by atoms with E-state index in [9.17, 15) is 9.59 Å². The lowest BCUT2D eigenvalue weighted by Gasteiger charge is -2.21. The number of hydrogen-bond donors (Lipinski definition) is 2. The average molecular weight is 352 g/mol. The molecule has 2 atom stereocenters. The van der Waals surface area contributed by atoms with Crippen LogP contribution in [0.15, 0.2) is 28.7 Å². The molecule has 4 nitrogen and oxygen atoms in total. The lowest BCUT2D eigenvalue weighted by Crippen LogP contribution is -2.38. The molecule has 1 aromatic carbocycles. The highest BCUT2D eigenvalue weighted by molar-refractivity contribution is 9.10. The van der Waals surface area contributed by atoms with Crippen LogP contribution in [0.2, 0.25) is 0 Å². The van der Waals surface area contributed by atoms with Crippen LogP contribution in [0.3, 0.4) is 0 Å². The van der Waals surface area contributed by atoms with E-state index in [2.05, 4.69) is 21.2 Å². The van der Waals surface area contributed by atoms with E-state index in [0.29, 0.717) is 19.3 Å². The molecule has 2 fully saturated rings. The highest BCUT2D eigenvalue weighted by Gasteiger charge is 2.47. The maximum absolute atomic E-state index is 12.4. The first-order valence-corrected chi connectivity index (χ1v) is 8.10. The Balaban J connectivity index is 1.67. The lowest BCUT2D eigenvalue weighted by atomic mass is 10.0. The fraction of sp³-hybridized carbons (Fsp3) is 0.500. The molecule has 0 aliphatic heterocycles. The van der Waals surface area contributed by atoms with Crippen molar-refractivity contribution in [2.75, 3.05) is 0 Å². The van der Waals surface area contributed by atoms with Gasteiger partial charge in [0.1, 0.15) is 0 Å². The van der Waals surface area contributed by atoms with E-state index in [1.165, 1.54) is 0 Å². The second-order valence-electron chi connectivity index (χ2n) is 6.13. The van der Waals surface area contributed by atoms with Gasteiger partial charge in [0.15, 0.2) is 0 Å². The lowest BCUT2D eigenvalue weighted by molar-refractivity contribution is -0.141. The van der Waals surface area contributed by atoms with Crippen LogP contribution in [-0.4, -0.2) is 17.0 Å². The van der Waals surface area contributed by atoms with Crippen LogP contribution in [0.4, 0.5) is 0 Å². The Morgan fingerprint density at radius 2 is 1.95 bits per heavy atom. The van der Waals surface area contributed by atoms with E-state index < -0.39 is 5.97 Å². The molecular formula is C16H18BrNO3. The minimum atomic E-state index is -0.779. The molecule has 112 valence electrons. The van der Waals surface area contributed by atoms with Gasteiger partial charge in [-0.15, -0.1) is 0 Å². The molecule has 0 radical (unpaired) electrons. The van der Waals surface area contributed by atoms with Crippen molar-refractivity contribution < 1.29 is 14.7 Å². The van der Waals surface area contributed by atoms with Crippen LogP contribution in [0.1, 0.15) is 37.7 Å². The molecular weight excluding hydrogens is 334 g/mol. The Bertz CT molecular complexity index is 583. The van der Waals surface area contributed by atoms with E-state index in [-0.39, 0.29) is 23.3 Å². The van der Waals surface area contributed by atoms with E-state index in [0.717, 1.165) is 22.9 Å². The SMILES string of the molecule is O=C(O)[C@@H]1CC[C@H](C(=O)NC2(c3cccc(Br)c3)CC2)C1. The van der Waals surface area contributed by atoms with Gasteiger partial charge in [0.05, 0.1) is 11.5 Å². The van der Waals surface area contributed by atoms with Gasteiger partial charge in [-0.1, -0.05) is 28.1 Å². The summed E-state index contributed by atoms with van der Waals surface area (Å²) in [6, 6.07) is 8.02. The topological polar surface area (TPSA) is 66.4 Å². The summed E-state index contributed by atoms with van der Waals surface area (Å²) in [7, 11) is 0. The van der Waals surface area contributed by atoms with Crippen molar-refractivity contribution in [3.63, 3.8) is 0 Å². The van der Waals surface area contributed by atoms with Gasteiger partial charge in [-0.05, 0) is 49.8 Å². The number of carbonyl (C=O) groups excluding carboxylic acids is 1. The first-order valence-electron chi connectivity index (χ1n) is 7.31. The van der Waals surface area contributed by atoms with Crippen molar-refractivity contribution in [1.82, 2.24) is 5.32 Å². The Hall–Kier alpha value is -1.36. The minimum Gasteiger partial charge on any atom is -0.481 e. The smallest absolute Gasteiger partial charge is 0.306 e. The molecule has 2 aliphatic rings. The van der Waals surface area contributed by atoms with Crippen molar-refractivity contribution in [3.8, 4) is 0 Å². The summed E-state index contributed by atoms with van der Waals surface area (Å²) in [5.74, 6) is -1.29. The molecule has 1 aromatic rings. The second-order valence-corrected chi connectivity index (χ2v) is 7.04. The number of hydrogen-bond acceptors (Lipinski definition) is 2. The number of halogens is 1. The first kappa shape index (κ1) is 14.6. The van der Waals surface area contributed by atoms with Crippen molar-refractivity contribution in [3.05, 3.63) is 34.3 Å². The maximum atomic E-state index is 12.4. The number of nitrogens with one attached hydrogen (secondary N) is 1. The monoisotopic (exact) mass is 351 g/mol. The molecule has 2 aliphatic carbocycles. The summed E-state index contributed by atoms with van der Waals surface area (Å²) in [6.45, 7) is 0. The number of carboxylic acid groups (broad SMARTS) is 1. The maximum Gasteiger partial charge on any atom is 0.306 e. The molecule has 1 amide bonds. The van der Waals surface area contributed by atoms with Crippen molar-refractivity contribution >= 4 is 27.8 Å². The fourth-order valence-electron chi connectivity index (χ4n) is 3.18. The summed E-state index contributed by atoms with van der Waals surface area (Å²) < 4.78 is 1.01. The molecule has 0 saturated heterocycles. The fourth-order valence-corrected chi connectivity index (χ4v) is 3.58. The number of carbonyl (C=O) groups is 2. The van der Waals surface area contributed by atoms with Gasteiger partial charge >= 0.3 is 5.97 Å². The van der Waals surface area contributed by atoms with Gasteiger partial charge in [-0.3, -0.25) is 9.59 Å². The summed E-state index contributed by atoms with van der Waals surface area (Å²) in [5.41, 5.74) is 0.889.